The first kappa shape index (κ1) is 9.71. The number of imidazole rings is 1. The minimum Gasteiger partial charge on any atom is -0.352 e. The maximum Gasteiger partial charge on any atom is 0.200 e. The predicted octanol–water partition coefficient (Wildman–Crippen LogP) is 2.03. The molecule has 0 aliphatic carbocycles. The van der Waals surface area contributed by atoms with Crippen LogP contribution in [0.1, 0.15) is 16.8 Å². The highest BCUT2D eigenvalue weighted by atomic mass is 15.1. The number of aromatic nitrogens is 3. The van der Waals surface area contributed by atoms with Gasteiger partial charge < -0.3 is 10.3 Å². The third-order valence-electron chi connectivity index (χ3n) is 2.30. The molecule has 2 aromatic heterocycles. The Labute approximate surface area is 88.8 Å². The van der Waals surface area contributed by atoms with Crippen molar-refractivity contribution in [2.45, 2.75) is 20.4 Å². The zero-order valence-corrected chi connectivity index (χ0v) is 8.91. The molecule has 2 aromatic rings. The summed E-state index contributed by atoms with van der Waals surface area (Å²) in [6, 6.07) is 2.00. The summed E-state index contributed by atoms with van der Waals surface area (Å²) in [7, 11) is 0. The molecule has 0 saturated heterocycles. The lowest BCUT2D eigenvalue weighted by Crippen LogP contribution is -2.02. The van der Waals surface area contributed by atoms with Crippen LogP contribution >= 0.6 is 0 Å². The van der Waals surface area contributed by atoms with Crippen molar-refractivity contribution in [3.8, 4) is 0 Å². The molecule has 0 unspecified atom stereocenters. The number of rotatable bonds is 3. The van der Waals surface area contributed by atoms with Crippen molar-refractivity contribution >= 4 is 5.95 Å². The number of nitrogens with one attached hydrogen (secondary N) is 2. The van der Waals surface area contributed by atoms with Crippen LogP contribution in [-0.2, 0) is 6.54 Å². The Kier molecular flexibility index (Phi) is 2.67. The van der Waals surface area contributed by atoms with E-state index in [1.54, 1.807) is 12.4 Å². The van der Waals surface area contributed by atoms with Gasteiger partial charge in [0, 0.05) is 30.8 Å². The maximum atomic E-state index is 4.17. The van der Waals surface area contributed by atoms with E-state index in [1.807, 2.05) is 19.2 Å². The van der Waals surface area contributed by atoms with Crippen LogP contribution in [0.2, 0.25) is 0 Å². The number of hydrogen-bond acceptors (Lipinski definition) is 3. The van der Waals surface area contributed by atoms with Crippen LogP contribution in [0.4, 0.5) is 5.95 Å². The molecule has 78 valence electrons. The number of H-pyrrole nitrogens is 1. The van der Waals surface area contributed by atoms with Gasteiger partial charge in [-0.2, -0.15) is 0 Å². The van der Waals surface area contributed by atoms with Gasteiger partial charge in [0.2, 0.25) is 5.95 Å². The van der Waals surface area contributed by atoms with E-state index in [9.17, 15) is 0 Å². The molecule has 2 rings (SSSR count). The van der Waals surface area contributed by atoms with Crippen LogP contribution in [-0.4, -0.2) is 15.0 Å². The van der Waals surface area contributed by atoms with E-state index in [2.05, 4.69) is 27.2 Å². The van der Waals surface area contributed by atoms with E-state index in [0.717, 1.165) is 18.2 Å². The number of nitrogens with zero attached hydrogens (tertiary/aromatic N) is 2. The molecule has 0 aliphatic heterocycles. The first-order valence-electron chi connectivity index (χ1n) is 4.90. The molecule has 0 aliphatic rings. The van der Waals surface area contributed by atoms with Crippen LogP contribution in [0, 0.1) is 13.8 Å². The fourth-order valence-electron chi connectivity index (χ4n) is 1.36. The quantitative estimate of drug-likeness (QED) is 0.800. The Morgan fingerprint density at radius 2 is 2.20 bits per heavy atom. The summed E-state index contributed by atoms with van der Waals surface area (Å²) in [4.78, 5) is 11.4. The maximum absolute atomic E-state index is 4.17. The molecule has 0 amide bonds. The third-order valence-corrected chi connectivity index (χ3v) is 2.30. The second-order valence-corrected chi connectivity index (χ2v) is 3.57. The summed E-state index contributed by atoms with van der Waals surface area (Å²) in [6.45, 7) is 4.80. The molecule has 0 bridgehead atoms. The van der Waals surface area contributed by atoms with Crippen LogP contribution in [0.15, 0.2) is 24.7 Å². The largest absolute Gasteiger partial charge is 0.352 e. The first-order chi connectivity index (χ1) is 7.25. The smallest absolute Gasteiger partial charge is 0.200 e. The molecule has 0 atom stereocenters. The van der Waals surface area contributed by atoms with Gasteiger partial charge in [0.15, 0.2) is 0 Å². The molecule has 2 heterocycles. The highest BCUT2D eigenvalue weighted by Gasteiger charge is 1.99. The summed E-state index contributed by atoms with van der Waals surface area (Å²) >= 11 is 0. The van der Waals surface area contributed by atoms with Gasteiger partial charge in [0.05, 0.1) is 0 Å². The van der Waals surface area contributed by atoms with Crippen molar-refractivity contribution in [1.29, 1.82) is 0 Å². The zero-order valence-electron chi connectivity index (χ0n) is 8.91. The number of aryl methyl sites for hydroxylation is 2. The standard InChI is InChI=1S/C11H14N4/c1-8-3-4-12-6-10(8)7-14-11-13-5-9(2)15-11/h3-6H,7H2,1-2H3,(H2,13,14,15). The molecule has 0 fully saturated rings. The highest BCUT2D eigenvalue weighted by Crippen LogP contribution is 2.08. The monoisotopic (exact) mass is 202 g/mol. The van der Waals surface area contributed by atoms with Gasteiger partial charge in [0.1, 0.15) is 0 Å². The van der Waals surface area contributed by atoms with E-state index in [-0.39, 0.29) is 0 Å². The van der Waals surface area contributed by atoms with Gasteiger partial charge in [-0.25, -0.2) is 4.98 Å². The number of aromatic amines is 1. The average molecular weight is 202 g/mol. The van der Waals surface area contributed by atoms with Crippen molar-refractivity contribution in [2.75, 3.05) is 5.32 Å². The molecule has 0 spiro atoms. The Balaban J connectivity index is 2.02. The second-order valence-electron chi connectivity index (χ2n) is 3.57. The Morgan fingerprint density at radius 1 is 1.33 bits per heavy atom. The van der Waals surface area contributed by atoms with Crippen LogP contribution < -0.4 is 5.32 Å². The van der Waals surface area contributed by atoms with Crippen LogP contribution in [0.25, 0.3) is 0 Å². The Bertz CT molecular complexity index is 447. The lowest BCUT2D eigenvalue weighted by Gasteiger charge is -2.05. The van der Waals surface area contributed by atoms with Gasteiger partial charge in [-0.3, -0.25) is 4.98 Å². The van der Waals surface area contributed by atoms with E-state index >= 15 is 0 Å². The number of pyridine rings is 1. The molecule has 4 heteroatoms. The van der Waals surface area contributed by atoms with Crippen LogP contribution in [0.5, 0.6) is 0 Å². The Hall–Kier alpha value is -1.84. The summed E-state index contributed by atoms with van der Waals surface area (Å²) in [6.07, 6.45) is 5.48. The van der Waals surface area contributed by atoms with E-state index in [1.165, 1.54) is 11.1 Å². The minimum absolute atomic E-state index is 0.743. The first-order valence-corrected chi connectivity index (χ1v) is 4.90. The van der Waals surface area contributed by atoms with Crippen molar-refractivity contribution in [2.24, 2.45) is 0 Å². The van der Waals surface area contributed by atoms with Gasteiger partial charge in [-0.1, -0.05) is 0 Å². The summed E-state index contributed by atoms with van der Waals surface area (Å²) in [5.41, 5.74) is 3.48. The summed E-state index contributed by atoms with van der Waals surface area (Å²) < 4.78 is 0. The second kappa shape index (κ2) is 4.13. The SMILES string of the molecule is Cc1cnc(NCc2cnccc2C)[nH]1. The molecule has 4 nitrogen and oxygen atoms in total. The topological polar surface area (TPSA) is 53.6 Å². The highest BCUT2D eigenvalue weighted by molar-refractivity contribution is 5.30. The lowest BCUT2D eigenvalue weighted by atomic mass is 10.2. The van der Waals surface area contributed by atoms with Gasteiger partial charge in [0.25, 0.3) is 0 Å². The number of hydrogen-bond donors (Lipinski definition) is 2. The normalized spacial score (nSPS) is 10.3. The molecule has 0 saturated carbocycles. The molecule has 0 aromatic carbocycles. The predicted molar refractivity (Wildman–Crippen MR) is 59.6 cm³/mol. The number of anilines is 1. The fraction of sp³-hybridized carbons (Fsp3) is 0.273. The van der Waals surface area contributed by atoms with E-state index < -0.39 is 0 Å². The van der Waals surface area contributed by atoms with Crippen molar-refractivity contribution < 1.29 is 0 Å². The fourth-order valence-corrected chi connectivity index (χ4v) is 1.36. The zero-order chi connectivity index (χ0) is 10.7. The van der Waals surface area contributed by atoms with Crippen molar-refractivity contribution in [3.05, 3.63) is 41.5 Å². The van der Waals surface area contributed by atoms with Crippen molar-refractivity contribution in [1.82, 2.24) is 15.0 Å². The van der Waals surface area contributed by atoms with Gasteiger partial charge in [-0.05, 0) is 31.0 Å². The third kappa shape index (κ3) is 2.34. The average Bonchev–Trinajstić information content (AvgIpc) is 2.63. The Morgan fingerprint density at radius 3 is 2.87 bits per heavy atom. The van der Waals surface area contributed by atoms with E-state index in [4.69, 9.17) is 0 Å². The van der Waals surface area contributed by atoms with Crippen LogP contribution in [0.3, 0.4) is 0 Å². The molecule has 15 heavy (non-hydrogen) atoms. The van der Waals surface area contributed by atoms with Crippen molar-refractivity contribution in [3.63, 3.8) is 0 Å². The summed E-state index contributed by atoms with van der Waals surface area (Å²) in [5, 5.41) is 3.22. The molecular weight excluding hydrogens is 188 g/mol. The van der Waals surface area contributed by atoms with Gasteiger partial charge >= 0.3 is 0 Å². The van der Waals surface area contributed by atoms with Gasteiger partial charge in [-0.15, -0.1) is 0 Å². The molecule has 0 radical (unpaired) electrons. The molecule has 2 N–H and O–H groups in total. The molecular formula is C11H14N4. The minimum atomic E-state index is 0.743. The lowest BCUT2D eigenvalue weighted by molar-refractivity contribution is 1.05. The summed E-state index contributed by atoms with van der Waals surface area (Å²) in [5.74, 6) is 0.802. The van der Waals surface area contributed by atoms with E-state index in [0.29, 0.717) is 0 Å².